The maximum Gasteiger partial charge on any atom is 0.240 e. The van der Waals surface area contributed by atoms with E-state index >= 15 is 0 Å². The zero-order chi connectivity index (χ0) is 13.4. The van der Waals surface area contributed by atoms with E-state index in [1.165, 1.54) is 25.3 Å². The number of primary sulfonamides is 1. The molecule has 0 bridgehead atoms. The number of hydrogen-bond donors (Lipinski definition) is 1. The number of sulfonamides is 1. The Bertz CT molecular complexity index is 495. The Morgan fingerprint density at radius 2 is 1.94 bits per heavy atom. The molecule has 0 unspecified atom stereocenters. The van der Waals surface area contributed by atoms with Crippen LogP contribution in [0.1, 0.15) is 39.0 Å². The fourth-order valence-electron chi connectivity index (χ4n) is 1.63. The van der Waals surface area contributed by atoms with Gasteiger partial charge in [-0.1, -0.05) is 38.3 Å². The Labute approximate surface area is 109 Å². The van der Waals surface area contributed by atoms with Crippen molar-refractivity contribution in [2.45, 2.75) is 43.9 Å². The van der Waals surface area contributed by atoms with E-state index < -0.39 is 10.0 Å². The number of nitrogens with two attached hydrogens (primary N) is 1. The lowest BCUT2D eigenvalue weighted by molar-refractivity contribution is 0.598. The number of aliphatic imine (C=N–C) groups is 1. The van der Waals surface area contributed by atoms with Crippen LogP contribution in [0, 0.1) is 0 Å². The summed E-state index contributed by atoms with van der Waals surface area (Å²) in [6.07, 6.45) is 7.31. The minimum absolute atomic E-state index is 0.0785. The molecule has 1 aromatic carbocycles. The van der Waals surface area contributed by atoms with Gasteiger partial charge in [0.15, 0.2) is 0 Å². The van der Waals surface area contributed by atoms with Crippen molar-refractivity contribution >= 4 is 21.9 Å². The van der Waals surface area contributed by atoms with Crippen molar-refractivity contribution in [2.75, 3.05) is 0 Å². The normalized spacial score (nSPS) is 12.1. The molecule has 5 heteroatoms. The quantitative estimate of drug-likeness (QED) is 0.610. The molecule has 0 spiro atoms. The highest BCUT2D eigenvalue weighted by atomic mass is 32.2. The van der Waals surface area contributed by atoms with Crippen LogP contribution in [0.5, 0.6) is 0 Å². The molecule has 0 aromatic heterocycles. The molecule has 0 fully saturated rings. The fourth-order valence-corrected chi connectivity index (χ4v) is 2.31. The van der Waals surface area contributed by atoms with Gasteiger partial charge in [0.25, 0.3) is 0 Å². The lowest BCUT2D eigenvalue weighted by Crippen LogP contribution is -2.12. The molecule has 18 heavy (non-hydrogen) atoms. The Kier molecular flexibility index (Phi) is 6.01. The molecule has 0 saturated heterocycles. The van der Waals surface area contributed by atoms with E-state index in [2.05, 4.69) is 11.9 Å². The van der Waals surface area contributed by atoms with Crippen LogP contribution in [0.25, 0.3) is 0 Å². The molecular formula is C13H20N2O2S. The van der Waals surface area contributed by atoms with Crippen LogP contribution < -0.4 is 5.14 Å². The monoisotopic (exact) mass is 268 g/mol. The first kappa shape index (κ1) is 14.9. The van der Waals surface area contributed by atoms with Crippen molar-refractivity contribution in [3.63, 3.8) is 0 Å². The third-order valence-corrected chi connectivity index (χ3v) is 3.55. The van der Waals surface area contributed by atoms with Gasteiger partial charge in [-0.2, -0.15) is 0 Å². The number of nitrogens with zero attached hydrogens (tertiary/aromatic N) is 1. The maximum atomic E-state index is 11.3. The van der Waals surface area contributed by atoms with Crippen LogP contribution in [-0.4, -0.2) is 14.6 Å². The van der Waals surface area contributed by atoms with Gasteiger partial charge >= 0.3 is 0 Å². The highest BCUT2D eigenvalue weighted by molar-refractivity contribution is 7.89. The van der Waals surface area contributed by atoms with E-state index in [4.69, 9.17) is 5.14 Å². The van der Waals surface area contributed by atoms with Crippen molar-refractivity contribution in [1.29, 1.82) is 0 Å². The van der Waals surface area contributed by atoms with Crippen LogP contribution in [0.4, 0.5) is 5.69 Å². The van der Waals surface area contributed by atoms with Gasteiger partial charge in [0.2, 0.25) is 10.0 Å². The van der Waals surface area contributed by atoms with Gasteiger partial charge in [-0.15, -0.1) is 0 Å². The highest BCUT2D eigenvalue weighted by Gasteiger charge is 2.11. The molecule has 0 aliphatic rings. The second-order valence-electron chi connectivity index (χ2n) is 4.17. The SMILES string of the molecule is CCCCCCC=Nc1ccccc1S(N)(=O)=O. The molecule has 2 N–H and O–H groups in total. The summed E-state index contributed by atoms with van der Waals surface area (Å²) in [7, 11) is -3.70. The summed E-state index contributed by atoms with van der Waals surface area (Å²) in [5, 5.41) is 5.13. The van der Waals surface area contributed by atoms with E-state index in [0.717, 1.165) is 12.8 Å². The predicted octanol–water partition coefficient (Wildman–Crippen LogP) is 3.01. The van der Waals surface area contributed by atoms with Gasteiger partial charge in [-0.3, -0.25) is 4.99 Å². The Balaban J connectivity index is 2.65. The Morgan fingerprint density at radius 1 is 1.22 bits per heavy atom. The first-order chi connectivity index (χ1) is 8.55. The Morgan fingerprint density at radius 3 is 2.61 bits per heavy atom. The minimum Gasteiger partial charge on any atom is -0.260 e. The average molecular weight is 268 g/mol. The van der Waals surface area contributed by atoms with Crippen LogP contribution in [0.3, 0.4) is 0 Å². The molecule has 0 saturated carbocycles. The molecule has 100 valence electrons. The fraction of sp³-hybridized carbons (Fsp3) is 0.462. The van der Waals surface area contributed by atoms with Crippen LogP contribution in [0.2, 0.25) is 0 Å². The molecular weight excluding hydrogens is 248 g/mol. The van der Waals surface area contributed by atoms with Crippen molar-refractivity contribution in [3.05, 3.63) is 24.3 Å². The smallest absolute Gasteiger partial charge is 0.240 e. The van der Waals surface area contributed by atoms with Crippen molar-refractivity contribution < 1.29 is 8.42 Å². The van der Waals surface area contributed by atoms with Crippen molar-refractivity contribution in [2.24, 2.45) is 10.1 Å². The molecule has 0 heterocycles. The van der Waals surface area contributed by atoms with E-state index in [1.54, 1.807) is 24.4 Å². The largest absolute Gasteiger partial charge is 0.260 e. The summed E-state index contributed by atoms with van der Waals surface area (Å²) in [6, 6.07) is 6.51. The summed E-state index contributed by atoms with van der Waals surface area (Å²) in [5.74, 6) is 0. The second kappa shape index (κ2) is 7.28. The zero-order valence-electron chi connectivity index (χ0n) is 10.7. The summed E-state index contributed by atoms with van der Waals surface area (Å²) in [5.41, 5.74) is 0.412. The first-order valence-corrected chi connectivity index (χ1v) is 7.74. The predicted molar refractivity (Wildman–Crippen MR) is 74.7 cm³/mol. The van der Waals surface area contributed by atoms with Crippen LogP contribution in [0.15, 0.2) is 34.2 Å². The summed E-state index contributed by atoms with van der Waals surface area (Å²) >= 11 is 0. The molecule has 0 amide bonds. The number of benzene rings is 1. The lowest BCUT2D eigenvalue weighted by Gasteiger charge is -2.02. The molecule has 1 aromatic rings. The standard InChI is InChI=1S/C13H20N2O2S/c1-2-3-4-5-8-11-15-12-9-6-7-10-13(12)18(14,16)17/h6-7,9-11H,2-5,8H2,1H3,(H2,14,16,17). The van der Waals surface area contributed by atoms with Crippen LogP contribution in [-0.2, 0) is 10.0 Å². The van der Waals surface area contributed by atoms with Gasteiger partial charge in [-0.05, 0) is 25.0 Å². The van der Waals surface area contributed by atoms with Gasteiger partial charge in [0, 0.05) is 6.21 Å². The molecule has 0 radical (unpaired) electrons. The lowest BCUT2D eigenvalue weighted by atomic mass is 10.2. The summed E-state index contributed by atoms with van der Waals surface area (Å²) in [6.45, 7) is 2.16. The first-order valence-electron chi connectivity index (χ1n) is 6.20. The molecule has 0 atom stereocenters. The van der Waals surface area contributed by atoms with Crippen LogP contribution >= 0.6 is 0 Å². The number of rotatable bonds is 7. The molecule has 4 nitrogen and oxygen atoms in total. The highest BCUT2D eigenvalue weighted by Crippen LogP contribution is 2.22. The third-order valence-electron chi connectivity index (χ3n) is 2.59. The summed E-state index contributed by atoms with van der Waals surface area (Å²) in [4.78, 5) is 4.26. The average Bonchev–Trinajstić information content (AvgIpc) is 2.33. The third kappa shape index (κ3) is 4.98. The summed E-state index contributed by atoms with van der Waals surface area (Å²) < 4.78 is 22.7. The van der Waals surface area contributed by atoms with E-state index in [0.29, 0.717) is 5.69 Å². The number of unbranched alkanes of at least 4 members (excludes halogenated alkanes) is 4. The topological polar surface area (TPSA) is 72.5 Å². The van der Waals surface area contributed by atoms with Gasteiger partial charge < -0.3 is 0 Å². The van der Waals surface area contributed by atoms with E-state index in [1.807, 2.05) is 0 Å². The van der Waals surface area contributed by atoms with E-state index in [-0.39, 0.29) is 4.90 Å². The van der Waals surface area contributed by atoms with Crippen molar-refractivity contribution in [1.82, 2.24) is 0 Å². The Hall–Kier alpha value is -1.20. The van der Waals surface area contributed by atoms with Gasteiger partial charge in [0.1, 0.15) is 4.90 Å². The maximum absolute atomic E-state index is 11.3. The number of para-hydroxylation sites is 1. The van der Waals surface area contributed by atoms with Gasteiger partial charge in [-0.25, -0.2) is 13.6 Å². The molecule has 0 aliphatic heterocycles. The molecule has 0 aliphatic carbocycles. The zero-order valence-corrected chi connectivity index (χ0v) is 11.5. The number of hydrogen-bond acceptors (Lipinski definition) is 3. The van der Waals surface area contributed by atoms with E-state index in [9.17, 15) is 8.42 Å². The van der Waals surface area contributed by atoms with Crippen molar-refractivity contribution in [3.8, 4) is 0 Å². The second-order valence-corrected chi connectivity index (χ2v) is 5.70. The van der Waals surface area contributed by atoms with Gasteiger partial charge in [0.05, 0.1) is 5.69 Å². The molecule has 1 rings (SSSR count). The minimum atomic E-state index is -3.70.